The number of rotatable bonds is 7. The Morgan fingerprint density at radius 3 is 2.25 bits per heavy atom. The van der Waals surface area contributed by atoms with Crippen LogP contribution in [0.5, 0.6) is 11.5 Å². The zero-order chi connectivity index (χ0) is 31.8. The first-order valence-electron chi connectivity index (χ1n) is 13.9. The Morgan fingerprint density at radius 1 is 0.955 bits per heavy atom. The quantitative estimate of drug-likeness (QED) is 0.246. The molecule has 12 heteroatoms. The fourth-order valence-corrected chi connectivity index (χ4v) is 4.79. The van der Waals surface area contributed by atoms with Gasteiger partial charge in [0.15, 0.2) is 11.5 Å². The van der Waals surface area contributed by atoms with Gasteiger partial charge in [-0.15, -0.1) is 0 Å². The second-order valence-electron chi connectivity index (χ2n) is 10.3. The minimum absolute atomic E-state index is 0.0926. The first-order chi connectivity index (χ1) is 21.0. The molecular weight excluding hydrogens is 568 g/mol. The zero-order valence-corrected chi connectivity index (χ0v) is 24.9. The summed E-state index contributed by atoms with van der Waals surface area (Å²) in [4.78, 5) is 37.8. The van der Waals surface area contributed by atoms with Crippen molar-refractivity contribution in [2.45, 2.75) is 32.8 Å². The summed E-state index contributed by atoms with van der Waals surface area (Å²) in [6.45, 7) is 5.76. The minimum Gasteiger partial charge on any atom is -0.493 e. The number of hydrogen-bond acceptors (Lipinski definition) is 9. The molecule has 1 saturated heterocycles. The van der Waals surface area contributed by atoms with Crippen LogP contribution in [0.15, 0.2) is 65.2 Å². The number of aliphatic carboxylic acids is 2. The van der Waals surface area contributed by atoms with E-state index in [1.54, 1.807) is 14.0 Å². The summed E-state index contributed by atoms with van der Waals surface area (Å²) in [5, 5.41) is 21.8. The number of amides is 1. The number of carbonyl (C=O) groups excluding carboxylic acids is 1. The van der Waals surface area contributed by atoms with Crippen molar-refractivity contribution in [3.8, 4) is 34.0 Å². The van der Waals surface area contributed by atoms with Crippen LogP contribution in [-0.4, -0.2) is 76.5 Å². The number of benzene rings is 3. The van der Waals surface area contributed by atoms with Crippen molar-refractivity contribution >= 4 is 23.5 Å². The van der Waals surface area contributed by atoms with E-state index < -0.39 is 11.9 Å². The van der Waals surface area contributed by atoms with Crippen molar-refractivity contribution in [1.29, 1.82) is 0 Å². The molecule has 1 fully saturated rings. The maximum Gasteiger partial charge on any atom is 0.414 e. The maximum absolute atomic E-state index is 13.0. The molecule has 1 aliphatic heterocycles. The van der Waals surface area contributed by atoms with Crippen LogP contribution in [0.25, 0.3) is 22.5 Å². The van der Waals surface area contributed by atoms with Gasteiger partial charge in [-0.05, 0) is 80.4 Å². The van der Waals surface area contributed by atoms with E-state index in [-0.39, 0.29) is 12.0 Å². The molecule has 3 N–H and O–H groups in total. The topological polar surface area (TPSA) is 164 Å². The Bertz CT molecular complexity index is 1620. The first-order valence-corrected chi connectivity index (χ1v) is 13.9. The molecule has 0 radical (unpaired) electrons. The molecule has 1 aliphatic rings. The van der Waals surface area contributed by atoms with Crippen molar-refractivity contribution in [2.75, 3.05) is 32.6 Å². The minimum atomic E-state index is -1.82. The number of likely N-dealkylation sites (N-methyl/N-ethyl adjacent to an activating group) is 1. The van der Waals surface area contributed by atoms with Gasteiger partial charge in [-0.1, -0.05) is 29.4 Å². The molecule has 2 heterocycles. The number of methoxy groups -OCH3 is 1. The number of hydrogen-bond donors (Lipinski definition) is 3. The van der Waals surface area contributed by atoms with Gasteiger partial charge in [0.2, 0.25) is 11.7 Å². The molecule has 5 rings (SSSR count). The number of piperidine rings is 1. The largest absolute Gasteiger partial charge is 0.493 e. The first kappa shape index (κ1) is 31.7. The van der Waals surface area contributed by atoms with Crippen LogP contribution in [0, 0.1) is 13.8 Å². The summed E-state index contributed by atoms with van der Waals surface area (Å²) in [5.41, 5.74) is 5.30. The smallest absolute Gasteiger partial charge is 0.414 e. The molecule has 230 valence electrons. The molecule has 0 saturated carbocycles. The SMILES string of the molecule is COc1ccc(NC(=O)c2ccc(-c3ccc(-c4noc(C)n4)cc3C)cc2)cc1OC1CCCN(C)C1.O=C(O)C(=O)O. The van der Waals surface area contributed by atoms with Crippen LogP contribution in [0.1, 0.15) is 34.7 Å². The Hall–Kier alpha value is -5.23. The number of likely N-dealkylation sites (tertiary alicyclic amines) is 1. The molecule has 0 bridgehead atoms. The molecule has 3 aromatic carbocycles. The van der Waals surface area contributed by atoms with E-state index in [1.807, 2.05) is 67.6 Å². The Morgan fingerprint density at radius 2 is 1.66 bits per heavy atom. The molecule has 44 heavy (non-hydrogen) atoms. The van der Waals surface area contributed by atoms with Crippen LogP contribution < -0.4 is 14.8 Å². The van der Waals surface area contributed by atoms with E-state index in [4.69, 9.17) is 33.8 Å². The Labute approximate surface area is 254 Å². The third-order valence-corrected chi connectivity index (χ3v) is 6.95. The summed E-state index contributed by atoms with van der Waals surface area (Å²) >= 11 is 0. The molecule has 1 amide bonds. The van der Waals surface area contributed by atoms with Gasteiger partial charge in [-0.3, -0.25) is 4.79 Å². The number of aromatic nitrogens is 2. The zero-order valence-electron chi connectivity index (χ0n) is 24.9. The lowest BCUT2D eigenvalue weighted by molar-refractivity contribution is -0.159. The number of anilines is 1. The molecule has 1 aromatic heterocycles. The van der Waals surface area contributed by atoms with Crippen LogP contribution in [0.4, 0.5) is 5.69 Å². The third-order valence-electron chi connectivity index (χ3n) is 6.95. The number of carboxylic acids is 2. The standard InChI is InChI=1S/C30H32N4O4.C2H2O4/c1-19-16-23(29-31-20(2)38-33-29)11-13-26(19)21-7-9-22(10-8-21)30(35)32-24-12-14-27(36-4)28(17-24)37-25-6-5-15-34(3)18-25;3-1(4)2(5)6/h7-14,16-17,25H,5-6,15,18H2,1-4H3,(H,32,35);(H,3,4)(H,5,6). The van der Waals surface area contributed by atoms with Gasteiger partial charge in [-0.25, -0.2) is 9.59 Å². The highest BCUT2D eigenvalue weighted by Gasteiger charge is 2.21. The number of nitrogens with zero attached hydrogens (tertiary/aromatic N) is 3. The van der Waals surface area contributed by atoms with Gasteiger partial charge in [-0.2, -0.15) is 4.98 Å². The predicted octanol–water partition coefficient (Wildman–Crippen LogP) is 4.91. The summed E-state index contributed by atoms with van der Waals surface area (Å²) in [6, 6.07) is 19.1. The van der Waals surface area contributed by atoms with Crippen molar-refractivity contribution in [3.63, 3.8) is 0 Å². The molecule has 0 aliphatic carbocycles. The van der Waals surface area contributed by atoms with Crippen LogP contribution in [0.2, 0.25) is 0 Å². The highest BCUT2D eigenvalue weighted by atomic mass is 16.5. The van der Waals surface area contributed by atoms with Crippen molar-refractivity contribution in [2.24, 2.45) is 0 Å². The fourth-order valence-electron chi connectivity index (χ4n) is 4.79. The molecule has 12 nitrogen and oxygen atoms in total. The van der Waals surface area contributed by atoms with Gasteiger partial charge in [0, 0.05) is 36.3 Å². The van der Waals surface area contributed by atoms with Crippen molar-refractivity contribution in [1.82, 2.24) is 15.0 Å². The van der Waals surface area contributed by atoms with E-state index in [0.29, 0.717) is 34.5 Å². The van der Waals surface area contributed by atoms with Crippen LogP contribution >= 0.6 is 0 Å². The van der Waals surface area contributed by atoms with E-state index >= 15 is 0 Å². The second-order valence-corrected chi connectivity index (χ2v) is 10.3. The number of carboxylic acid groups (broad SMARTS) is 2. The average molecular weight is 603 g/mol. The third kappa shape index (κ3) is 8.19. The summed E-state index contributed by atoms with van der Waals surface area (Å²) in [5.74, 6) is -1.45. The summed E-state index contributed by atoms with van der Waals surface area (Å²) < 4.78 is 16.8. The monoisotopic (exact) mass is 602 g/mol. The number of carbonyl (C=O) groups is 3. The van der Waals surface area contributed by atoms with E-state index in [1.165, 1.54) is 0 Å². The highest BCUT2D eigenvalue weighted by molar-refractivity contribution is 6.27. The lowest BCUT2D eigenvalue weighted by Gasteiger charge is -2.30. The van der Waals surface area contributed by atoms with Gasteiger partial charge in [0.25, 0.3) is 5.91 Å². The lowest BCUT2D eigenvalue weighted by Crippen LogP contribution is -2.38. The van der Waals surface area contributed by atoms with Crippen LogP contribution in [-0.2, 0) is 9.59 Å². The van der Waals surface area contributed by atoms with E-state index in [9.17, 15) is 4.79 Å². The predicted molar refractivity (Wildman–Crippen MR) is 162 cm³/mol. The summed E-state index contributed by atoms with van der Waals surface area (Å²) in [7, 11) is 3.72. The Balaban J connectivity index is 0.000000670. The van der Waals surface area contributed by atoms with Crippen molar-refractivity contribution in [3.05, 3.63) is 77.7 Å². The van der Waals surface area contributed by atoms with Crippen molar-refractivity contribution < 1.29 is 38.6 Å². The number of ether oxygens (including phenoxy) is 2. The van der Waals surface area contributed by atoms with Gasteiger partial charge >= 0.3 is 11.9 Å². The normalized spacial score (nSPS) is 14.6. The summed E-state index contributed by atoms with van der Waals surface area (Å²) in [6.07, 6.45) is 2.18. The number of aryl methyl sites for hydroxylation is 2. The molecule has 1 unspecified atom stereocenters. The van der Waals surface area contributed by atoms with Crippen LogP contribution in [0.3, 0.4) is 0 Å². The number of nitrogens with one attached hydrogen (secondary N) is 1. The molecule has 0 spiro atoms. The van der Waals surface area contributed by atoms with E-state index in [2.05, 4.69) is 27.4 Å². The van der Waals surface area contributed by atoms with Gasteiger partial charge < -0.3 is 34.4 Å². The molecule has 1 atom stereocenters. The fraction of sp³-hybridized carbons (Fsp3) is 0.281. The van der Waals surface area contributed by atoms with Gasteiger partial charge in [0.05, 0.1) is 7.11 Å². The highest BCUT2D eigenvalue weighted by Crippen LogP contribution is 2.33. The molecular formula is C32H34N4O8. The maximum atomic E-state index is 13.0. The van der Waals surface area contributed by atoms with E-state index in [0.717, 1.165) is 48.2 Å². The average Bonchev–Trinajstić information content (AvgIpc) is 3.44. The molecule has 4 aromatic rings. The Kier molecular flexibility index (Phi) is 10.3. The second kappa shape index (κ2) is 14.3. The lowest BCUT2D eigenvalue weighted by atomic mass is 9.97. The van der Waals surface area contributed by atoms with Gasteiger partial charge in [0.1, 0.15) is 6.10 Å².